The fraction of sp³-hybridized carbons (Fsp3) is 0.467. The van der Waals surface area contributed by atoms with Gasteiger partial charge in [0.05, 0.1) is 18.1 Å². The molecule has 1 aromatic rings. The zero-order valence-corrected chi connectivity index (χ0v) is 12.9. The molecule has 0 spiro atoms. The smallest absolute Gasteiger partial charge is 0.314 e. The second-order valence-corrected chi connectivity index (χ2v) is 5.73. The van der Waals surface area contributed by atoms with Crippen LogP contribution in [0.25, 0.3) is 0 Å². The van der Waals surface area contributed by atoms with Gasteiger partial charge in [0.2, 0.25) is 0 Å². The van der Waals surface area contributed by atoms with Gasteiger partial charge in [-0.1, -0.05) is 6.58 Å². The Bertz CT molecular complexity index is 521. The van der Waals surface area contributed by atoms with Gasteiger partial charge in [0, 0.05) is 12.1 Å². The second-order valence-electron chi connectivity index (χ2n) is 5.73. The molecule has 6 heteroatoms. The third-order valence-corrected chi connectivity index (χ3v) is 2.66. The van der Waals surface area contributed by atoms with Crippen LogP contribution in [0.2, 0.25) is 0 Å². The van der Waals surface area contributed by atoms with Crippen molar-refractivity contribution in [3.05, 3.63) is 40.5 Å². The Morgan fingerprint density at radius 2 is 2.10 bits per heavy atom. The highest BCUT2D eigenvalue weighted by molar-refractivity contribution is 5.51. The van der Waals surface area contributed by atoms with Crippen molar-refractivity contribution in [2.45, 2.75) is 26.3 Å². The van der Waals surface area contributed by atoms with E-state index in [9.17, 15) is 10.1 Å². The Morgan fingerprint density at radius 3 is 2.62 bits per heavy atom. The lowest BCUT2D eigenvalue weighted by Crippen LogP contribution is -2.37. The summed E-state index contributed by atoms with van der Waals surface area (Å²) in [5.74, 6) is 0.625. The van der Waals surface area contributed by atoms with Crippen molar-refractivity contribution >= 4 is 5.69 Å². The quantitative estimate of drug-likeness (QED) is 0.475. The summed E-state index contributed by atoms with van der Waals surface area (Å²) in [6.45, 7) is 10.9. The summed E-state index contributed by atoms with van der Waals surface area (Å²) in [5, 5.41) is 14.3. The number of benzene rings is 1. The average molecular weight is 294 g/mol. The molecule has 0 amide bonds. The average Bonchev–Trinajstić information content (AvgIpc) is 2.41. The number of methoxy groups -OCH3 is 1. The summed E-state index contributed by atoms with van der Waals surface area (Å²) in [5.41, 5.74) is 0.677. The number of hydrogen-bond donors (Lipinski definition) is 1. The van der Waals surface area contributed by atoms with Gasteiger partial charge < -0.3 is 14.8 Å². The normalized spacial score (nSPS) is 11.0. The molecule has 6 nitrogen and oxygen atoms in total. The van der Waals surface area contributed by atoms with E-state index in [1.54, 1.807) is 6.07 Å². The van der Waals surface area contributed by atoms with Crippen LogP contribution in [0.3, 0.4) is 0 Å². The summed E-state index contributed by atoms with van der Waals surface area (Å²) in [4.78, 5) is 10.5. The van der Waals surface area contributed by atoms with E-state index in [0.717, 1.165) is 5.57 Å². The number of rotatable bonds is 7. The Kier molecular flexibility index (Phi) is 5.72. The lowest BCUT2D eigenvalue weighted by molar-refractivity contribution is -0.385. The molecular weight excluding hydrogens is 272 g/mol. The SMILES string of the molecule is C=C(CNC(C)(C)C)COc1ccc(OC)cc1[N+](=O)[O-]. The van der Waals surface area contributed by atoms with Crippen LogP contribution in [-0.2, 0) is 0 Å². The van der Waals surface area contributed by atoms with Gasteiger partial charge >= 0.3 is 5.69 Å². The first kappa shape index (κ1) is 17.0. The molecule has 0 radical (unpaired) electrons. The minimum atomic E-state index is -0.492. The van der Waals surface area contributed by atoms with E-state index in [1.807, 2.05) is 0 Å². The minimum absolute atomic E-state index is 0.0188. The van der Waals surface area contributed by atoms with Crippen molar-refractivity contribution < 1.29 is 14.4 Å². The fourth-order valence-corrected chi connectivity index (χ4v) is 1.51. The highest BCUT2D eigenvalue weighted by atomic mass is 16.6. The number of nitro groups is 1. The summed E-state index contributed by atoms with van der Waals surface area (Å²) in [6.07, 6.45) is 0. The lowest BCUT2D eigenvalue weighted by atomic mass is 10.1. The molecule has 0 unspecified atom stereocenters. The molecule has 0 aliphatic rings. The van der Waals surface area contributed by atoms with Crippen molar-refractivity contribution in [1.29, 1.82) is 0 Å². The molecule has 116 valence electrons. The molecule has 0 fully saturated rings. The van der Waals surface area contributed by atoms with Crippen molar-refractivity contribution in [2.75, 3.05) is 20.3 Å². The van der Waals surface area contributed by atoms with Gasteiger partial charge in [-0.3, -0.25) is 10.1 Å². The molecule has 0 saturated heterocycles. The van der Waals surface area contributed by atoms with E-state index < -0.39 is 4.92 Å². The Hall–Kier alpha value is -2.08. The molecule has 0 aliphatic heterocycles. The van der Waals surface area contributed by atoms with Gasteiger partial charge in [0.1, 0.15) is 12.4 Å². The number of ether oxygens (including phenoxy) is 2. The first-order valence-corrected chi connectivity index (χ1v) is 6.60. The first-order chi connectivity index (χ1) is 9.73. The zero-order chi connectivity index (χ0) is 16.0. The predicted molar refractivity (Wildman–Crippen MR) is 82.0 cm³/mol. The predicted octanol–water partition coefficient (Wildman–Crippen LogP) is 2.93. The first-order valence-electron chi connectivity index (χ1n) is 6.60. The van der Waals surface area contributed by atoms with Crippen molar-refractivity contribution in [1.82, 2.24) is 5.32 Å². The lowest BCUT2D eigenvalue weighted by Gasteiger charge is -2.21. The molecule has 0 bridgehead atoms. The molecule has 0 aromatic heterocycles. The van der Waals surface area contributed by atoms with E-state index in [2.05, 4.69) is 32.7 Å². The van der Waals surface area contributed by atoms with E-state index in [-0.39, 0.29) is 23.6 Å². The van der Waals surface area contributed by atoms with Gasteiger partial charge in [-0.2, -0.15) is 0 Å². The molecule has 0 saturated carbocycles. The van der Waals surface area contributed by atoms with Gasteiger partial charge in [0.15, 0.2) is 5.75 Å². The van der Waals surface area contributed by atoms with Crippen LogP contribution in [0.5, 0.6) is 11.5 Å². The summed E-state index contributed by atoms with van der Waals surface area (Å²) >= 11 is 0. The van der Waals surface area contributed by atoms with Crippen LogP contribution in [0, 0.1) is 10.1 Å². The van der Waals surface area contributed by atoms with Crippen molar-refractivity contribution in [2.24, 2.45) is 0 Å². The van der Waals surface area contributed by atoms with Gasteiger partial charge in [0.25, 0.3) is 0 Å². The molecule has 0 heterocycles. The van der Waals surface area contributed by atoms with Crippen LogP contribution in [-0.4, -0.2) is 30.7 Å². The zero-order valence-electron chi connectivity index (χ0n) is 12.9. The number of nitrogens with zero attached hydrogens (tertiary/aromatic N) is 1. The van der Waals surface area contributed by atoms with Gasteiger partial charge in [-0.25, -0.2) is 0 Å². The van der Waals surface area contributed by atoms with Crippen LogP contribution in [0.4, 0.5) is 5.69 Å². The van der Waals surface area contributed by atoms with E-state index in [1.165, 1.54) is 19.2 Å². The third kappa shape index (κ3) is 5.83. The maximum absolute atomic E-state index is 11.0. The topological polar surface area (TPSA) is 73.6 Å². The molecule has 0 atom stereocenters. The van der Waals surface area contributed by atoms with Crippen molar-refractivity contribution in [3.8, 4) is 11.5 Å². The van der Waals surface area contributed by atoms with Crippen LogP contribution in [0.15, 0.2) is 30.4 Å². The maximum atomic E-state index is 11.0. The summed E-state index contributed by atoms with van der Waals surface area (Å²) in [6, 6.07) is 4.49. The van der Waals surface area contributed by atoms with Gasteiger partial charge in [-0.05, 0) is 38.5 Å². The molecule has 0 aliphatic carbocycles. The van der Waals surface area contributed by atoms with E-state index in [4.69, 9.17) is 9.47 Å². The molecular formula is C15H22N2O4. The highest BCUT2D eigenvalue weighted by Crippen LogP contribution is 2.31. The van der Waals surface area contributed by atoms with E-state index >= 15 is 0 Å². The summed E-state index contributed by atoms with van der Waals surface area (Å²) in [7, 11) is 1.46. The van der Waals surface area contributed by atoms with Crippen LogP contribution < -0.4 is 14.8 Å². The molecule has 1 aromatic carbocycles. The summed E-state index contributed by atoms with van der Waals surface area (Å²) < 4.78 is 10.5. The fourth-order valence-electron chi connectivity index (χ4n) is 1.51. The minimum Gasteiger partial charge on any atom is -0.496 e. The Labute approximate surface area is 124 Å². The van der Waals surface area contributed by atoms with Crippen LogP contribution in [0.1, 0.15) is 20.8 Å². The maximum Gasteiger partial charge on any atom is 0.314 e. The monoisotopic (exact) mass is 294 g/mol. The van der Waals surface area contributed by atoms with E-state index in [0.29, 0.717) is 12.3 Å². The van der Waals surface area contributed by atoms with Crippen LogP contribution >= 0.6 is 0 Å². The number of hydrogen-bond acceptors (Lipinski definition) is 5. The van der Waals surface area contributed by atoms with Crippen molar-refractivity contribution in [3.63, 3.8) is 0 Å². The Balaban J connectivity index is 2.67. The number of nitrogens with one attached hydrogen (secondary N) is 1. The largest absolute Gasteiger partial charge is 0.496 e. The molecule has 1 N–H and O–H groups in total. The standard InChI is InChI=1S/C15H22N2O4/c1-11(9-16-15(2,3)4)10-21-14-7-6-12(20-5)8-13(14)17(18)19/h6-8,16H,1,9-10H2,2-5H3. The third-order valence-electron chi connectivity index (χ3n) is 2.66. The second kappa shape index (κ2) is 7.08. The highest BCUT2D eigenvalue weighted by Gasteiger charge is 2.17. The molecule has 21 heavy (non-hydrogen) atoms. The van der Waals surface area contributed by atoms with Gasteiger partial charge in [-0.15, -0.1) is 0 Å². The number of nitro benzene ring substituents is 1. The Morgan fingerprint density at radius 1 is 1.43 bits per heavy atom. The molecule has 1 rings (SSSR count).